The van der Waals surface area contributed by atoms with Gasteiger partial charge in [-0.15, -0.1) is 0 Å². The van der Waals surface area contributed by atoms with Gasteiger partial charge in [-0.3, -0.25) is 10.1 Å². The second kappa shape index (κ2) is 3.82. The molecule has 72 valence electrons. The summed E-state index contributed by atoms with van der Waals surface area (Å²) in [6.07, 6.45) is 0. The molecule has 0 saturated carbocycles. The molecular formula is C7H3BrClN3O2. The summed E-state index contributed by atoms with van der Waals surface area (Å²) >= 11 is 8.72. The van der Waals surface area contributed by atoms with Crippen molar-refractivity contribution in [3.05, 3.63) is 37.1 Å². The van der Waals surface area contributed by atoms with Gasteiger partial charge in [0.05, 0.1) is 16.5 Å². The number of nitrogen functional groups attached to an aromatic ring is 1. The van der Waals surface area contributed by atoms with Crippen LogP contribution < -0.4 is 5.73 Å². The van der Waals surface area contributed by atoms with E-state index in [0.29, 0.717) is 0 Å². The van der Waals surface area contributed by atoms with E-state index in [4.69, 9.17) is 23.9 Å². The maximum absolute atomic E-state index is 10.5. The third-order valence-electron chi connectivity index (χ3n) is 1.52. The molecule has 0 spiro atoms. The zero-order valence-electron chi connectivity index (χ0n) is 6.62. The Morgan fingerprint density at radius 3 is 2.71 bits per heavy atom. The molecule has 1 aromatic rings. The average molecular weight is 276 g/mol. The van der Waals surface area contributed by atoms with Gasteiger partial charge in [0.1, 0.15) is 5.69 Å². The zero-order valence-corrected chi connectivity index (χ0v) is 8.96. The summed E-state index contributed by atoms with van der Waals surface area (Å²) in [6, 6.07) is 1.08. The fourth-order valence-electron chi connectivity index (χ4n) is 0.846. The zero-order chi connectivity index (χ0) is 10.9. The Kier molecular flexibility index (Phi) is 2.93. The molecule has 1 aromatic carbocycles. The van der Waals surface area contributed by atoms with E-state index in [2.05, 4.69) is 20.8 Å². The van der Waals surface area contributed by atoms with Crippen molar-refractivity contribution in [1.29, 1.82) is 0 Å². The molecule has 7 heteroatoms. The summed E-state index contributed by atoms with van der Waals surface area (Å²) in [4.78, 5) is 12.9. The summed E-state index contributed by atoms with van der Waals surface area (Å²) in [5, 5.41) is 10.5. The number of anilines is 1. The first kappa shape index (κ1) is 10.8. The van der Waals surface area contributed by atoms with Crippen molar-refractivity contribution >= 4 is 44.6 Å². The Labute approximate surface area is 92.6 Å². The number of hydrogen-bond donors (Lipinski definition) is 1. The van der Waals surface area contributed by atoms with Gasteiger partial charge in [-0.25, -0.2) is 4.85 Å². The highest BCUT2D eigenvalue weighted by Gasteiger charge is 2.20. The number of halogens is 2. The molecule has 1 rings (SSSR count). The van der Waals surface area contributed by atoms with Crippen molar-refractivity contribution in [1.82, 2.24) is 0 Å². The van der Waals surface area contributed by atoms with Crippen LogP contribution in [0.25, 0.3) is 4.85 Å². The van der Waals surface area contributed by atoms with E-state index < -0.39 is 4.92 Å². The molecule has 0 saturated heterocycles. The number of nitrogens with two attached hydrogens (primary N) is 1. The van der Waals surface area contributed by atoms with Gasteiger partial charge in [-0.2, -0.15) is 0 Å². The molecule has 0 unspecified atom stereocenters. The predicted octanol–water partition coefficient (Wildman–Crippen LogP) is 3.14. The lowest BCUT2D eigenvalue weighted by atomic mass is 10.2. The van der Waals surface area contributed by atoms with Crippen LogP contribution in [0.2, 0.25) is 5.02 Å². The Morgan fingerprint density at radius 1 is 1.71 bits per heavy atom. The fraction of sp³-hybridized carbons (Fsp3) is 0. The van der Waals surface area contributed by atoms with Gasteiger partial charge >= 0.3 is 0 Å². The van der Waals surface area contributed by atoms with E-state index in [1.807, 2.05) is 0 Å². The summed E-state index contributed by atoms with van der Waals surface area (Å²) in [5.74, 6) is 0. The number of nitro groups is 1. The maximum atomic E-state index is 10.5. The van der Waals surface area contributed by atoms with Crippen LogP contribution in [0, 0.1) is 16.7 Å². The number of rotatable bonds is 1. The van der Waals surface area contributed by atoms with Crippen LogP contribution in [0.15, 0.2) is 10.5 Å². The Hall–Kier alpha value is -1.32. The van der Waals surface area contributed by atoms with Gasteiger partial charge in [0.15, 0.2) is 0 Å². The molecule has 2 N–H and O–H groups in total. The highest BCUT2D eigenvalue weighted by atomic mass is 79.9. The SMILES string of the molecule is [C-]#[N+]c1cc([N+](=O)[O-])c(N)c(Cl)c1Br. The van der Waals surface area contributed by atoms with E-state index in [1.54, 1.807) is 0 Å². The first-order valence-electron chi connectivity index (χ1n) is 3.28. The van der Waals surface area contributed by atoms with Gasteiger partial charge in [-0.1, -0.05) is 27.5 Å². The summed E-state index contributed by atoms with van der Waals surface area (Å²) in [6.45, 7) is 6.76. The van der Waals surface area contributed by atoms with E-state index in [0.717, 1.165) is 6.07 Å². The van der Waals surface area contributed by atoms with Crippen LogP contribution in [0.4, 0.5) is 17.1 Å². The molecule has 0 radical (unpaired) electrons. The Bertz CT molecular complexity index is 455. The van der Waals surface area contributed by atoms with Crippen LogP contribution in [0.3, 0.4) is 0 Å². The largest absolute Gasteiger partial charge is 0.392 e. The minimum absolute atomic E-state index is 0.00907. The number of benzene rings is 1. The molecule has 0 aliphatic heterocycles. The monoisotopic (exact) mass is 275 g/mol. The molecule has 0 heterocycles. The van der Waals surface area contributed by atoms with Gasteiger partial charge in [0.25, 0.3) is 5.69 Å². The van der Waals surface area contributed by atoms with Crippen molar-refractivity contribution in [2.75, 3.05) is 5.73 Å². The van der Waals surface area contributed by atoms with Crippen LogP contribution in [0.1, 0.15) is 0 Å². The maximum Gasteiger partial charge on any atom is 0.283 e. The first-order chi connectivity index (χ1) is 6.49. The Balaban J connectivity index is 3.59. The number of hydrogen-bond acceptors (Lipinski definition) is 3. The molecule has 0 amide bonds. The van der Waals surface area contributed by atoms with Crippen molar-refractivity contribution in [2.45, 2.75) is 0 Å². The smallest absolute Gasteiger partial charge is 0.283 e. The molecule has 0 atom stereocenters. The fourth-order valence-corrected chi connectivity index (χ4v) is 1.46. The average Bonchev–Trinajstić information content (AvgIpc) is 2.14. The molecule has 0 aliphatic rings. The highest BCUT2D eigenvalue weighted by molar-refractivity contribution is 9.10. The third kappa shape index (κ3) is 1.64. The van der Waals surface area contributed by atoms with Gasteiger partial charge < -0.3 is 5.73 Å². The third-order valence-corrected chi connectivity index (χ3v) is 2.94. The minimum atomic E-state index is -0.678. The molecular weight excluding hydrogens is 273 g/mol. The summed E-state index contributed by atoms with van der Waals surface area (Å²) in [5.41, 5.74) is 4.97. The second-order valence-electron chi connectivity index (χ2n) is 2.33. The lowest BCUT2D eigenvalue weighted by Crippen LogP contribution is -1.96. The number of nitrogens with zero attached hydrogens (tertiary/aromatic N) is 2. The van der Waals surface area contributed by atoms with E-state index in [1.165, 1.54) is 0 Å². The molecule has 0 bridgehead atoms. The van der Waals surface area contributed by atoms with Crippen LogP contribution in [-0.2, 0) is 0 Å². The lowest BCUT2D eigenvalue weighted by Gasteiger charge is -2.03. The van der Waals surface area contributed by atoms with Gasteiger partial charge in [0, 0.05) is 10.5 Å². The van der Waals surface area contributed by atoms with Crippen LogP contribution in [-0.4, -0.2) is 4.92 Å². The van der Waals surface area contributed by atoms with E-state index in [9.17, 15) is 10.1 Å². The van der Waals surface area contributed by atoms with Crippen molar-refractivity contribution in [2.24, 2.45) is 0 Å². The quantitative estimate of drug-likeness (QED) is 0.370. The van der Waals surface area contributed by atoms with Crippen molar-refractivity contribution < 1.29 is 4.92 Å². The molecule has 14 heavy (non-hydrogen) atoms. The second-order valence-corrected chi connectivity index (χ2v) is 3.50. The topological polar surface area (TPSA) is 73.5 Å². The van der Waals surface area contributed by atoms with E-state index >= 15 is 0 Å². The van der Waals surface area contributed by atoms with Crippen LogP contribution in [0.5, 0.6) is 0 Å². The van der Waals surface area contributed by atoms with E-state index in [-0.39, 0.29) is 26.6 Å². The summed E-state index contributed by atoms with van der Waals surface area (Å²) in [7, 11) is 0. The molecule has 0 fully saturated rings. The minimum Gasteiger partial charge on any atom is -0.392 e. The highest BCUT2D eigenvalue weighted by Crippen LogP contribution is 2.42. The Morgan fingerprint density at radius 2 is 2.29 bits per heavy atom. The summed E-state index contributed by atoms with van der Waals surface area (Å²) < 4.78 is 0.275. The van der Waals surface area contributed by atoms with Crippen molar-refractivity contribution in [3.8, 4) is 0 Å². The lowest BCUT2D eigenvalue weighted by molar-refractivity contribution is -0.383. The normalized spacial score (nSPS) is 9.50. The van der Waals surface area contributed by atoms with Crippen molar-refractivity contribution in [3.63, 3.8) is 0 Å². The first-order valence-corrected chi connectivity index (χ1v) is 4.45. The standard InChI is InChI=1S/C7H3BrClN3O2/c1-11-3-2-4(12(13)14)7(10)6(9)5(3)8/h2H,10H2. The van der Waals surface area contributed by atoms with Gasteiger partial charge in [-0.05, 0) is 0 Å². The number of nitro benzene ring substituents is 1. The molecule has 0 aliphatic carbocycles. The predicted molar refractivity (Wildman–Crippen MR) is 56.5 cm³/mol. The van der Waals surface area contributed by atoms with Crippen LogP contribution >= 0.6 is 27.5 Å². The van der Waals surface area contributed by atoms with Gasteiger partial charge in [0.2, 0.25) is 5.69 Å². The molecule has 0 aromatic heterocycles. The molecule has 5 nitrogen and oxygen atoms in total.